The predicted octanol–water partition coefficient (Wildman–Crippen LogP) is 0.894. The van der Waals surface area contributed by atoms with E-state index in [9.17, 15) is 10.1 Å². The highest BCUT2D eigenvalue weighted by atomic mass is 32.2. The quantitative estimate of drug-likeness (QED) is 0.429. The topological polar surface area (TPSA) is 107 Å². The number of hydrazine groups is 3. The first kappa shape index (κ1) is 14.3. The summed E-state index contributed by atoms with van der Waals surface area (Å²) < 4.78 is 0. The summed E-state index contributed by atoms with van der Waals surface area (Å²) >= 11 is 1.50. The Labute approximate surface area is 130 Å². The summed E-state index contributed by atoms with van der Waals surface area (Å²) in [5, 5.41) is 11.1. The highest BCUT2D eigenvalue weighted by Gasteiger charge is 2.20. The van der Waals surface area contributed by atoms with Crippen molar-refractivity contribution in [3.05, 3.63) is 41.2 Å². The molecular weight excluding hydrogens is 300 g/mol. The maximum atomic E-state index is 11.7. The molecule has 1 aliphatic rings. The minimum atomic E-state index is -0.309. The van der Waals surface area contributed by atoms with Gasteiger partial charge in [0.2, 0.25) is 0 Å². The number of hydrogen-bond acceptors (Lipinski definition) is 7. The van der Waals surface area contributed by atoms with Crippen molar-refractivity contribution >= 4 is 34.6 Å². The average molecular weight is 312 g/mol. The van der Waals surface area contributed by atoms with Gasteiger partial charge >= 0.3 is 0 Å². The Morgan fingerprint density at radius 2 is 2.27 bits per heavy atom. The van der Waals surface area contributed by atoms with Crippen molar-refractivity contribution in [3.63, 3.8) is 0 Å². The number of amides is 1. The smallest absolute Gasteiger partial charge is 0.282 e. The van der Waals surface area contributed by atoms with Crippen molar-refractivity contribution in [1.29, 1.82) is 5.26 Å². The van der Waals surface area contributed by atoms with Crippen molar-refractivity contribution in [2.75, 3.05) is 6.26 Å². The standard InChI is InChI=1S/C14H12N6OS/c1-22-13-9(6-15)7-17-11-3-2-8(4-10(11)13)5-12-14(21)19-20(16)18-12/h2-5,7,18H,16H2,1H3,(H,19,21)/b12-5-. The number of nitrogens with zero attached hydrogens (tertiary/aromatic N) is 3. The summed E-state index contributed by atoms with van der Waals surface area (Å²) in [4.78, 5) is 16.8. The Kier molecular flexibility index (Phi) is 3.68. The lowest BCUT2D eigenvalue weighted by atomic mass is 10.1. The largest absolute Gasteiger partial charge is 0.285 e. The highest BCUT2D eigenvalue weighted by Crippen LogP contribution is 2.29. The molecule has 2 heterocycles. The van der Waals surface area contributed by atoms with Crippen LogP contribution in [0.2, 0.25) is 0 Å². The molecule has 2 aromatic rings. The SMILES string of the molecule is CSc1c(C#N)cnc2ccc(/C=C3\NN(N)NC3=O)cc12. The van der Waals surface area contributed by atoms with Crippen LogP contribution in [0.25, 0.3) is 17.0 Å². The molecule has 8 heteroatoms. The lowest BCUT2D eigenvalue weighted by molar-refractivity contribution is -0.118. The van der Waals surface area contributed by atoms with Crippen molar-refractivity contribution in [1.82, 2.24) is 21.1 Å². The number of thioether (sulfide) groups is 1. The molecule has 0 radical (unpaired) electrons. The number of pyridine rings is 1. The number of rotatable bonds is 2. The number of carbonyl (C=O) groups excluding carboxylic acids is 1. The average Bonchev–Trinajstić information content (AvgIpc) is 2.83. The van der Waals surface area contributed by atoms with Crippen molar-refractivity contribution in [3.8, 4) is 6.07 Å². The number of fused-ring (bicyclic) bond motifs is 1. The van der Waals surface area contributed by atoms with Gasteiger partial charge in [-0.05, 0) is 30.0 Å². The number of nitriles is 1. The summed E-state index contributed by atoms with van der Waals surface area (Å²) in [5.74, 6) is 5.13. The van der Waals surface area contributed by atoms with Crippen LogP contribution in [-0.2, 0) is 4.79 Å². The fourth-order valence-corrected chi connectivity index (χ4v) is 2.92. The van der Waals surface area contributed by atoms with Gasteiger partial charge in [0.15, 0.2) is 0 Å². The van der Waals surface area contributed by atoms with Gasteiger partial charge in [0.05, 0.1) is 11.1 Å². The van der Waals surface area contributed by atoms with Crippen molar-refractivity contribution in [2.45, 2.75) is 4.90 Å². The molecule has 0 aliphatic carbocycles. The second-order valence-corrected chi connectivity index (χ2v) is 5.39. The van der Waals surface area contributed by atoms with E-state index in [1.807, 2.05) is 24.5 Å². The molecule has 4 N–H and O–H groups in total. The van der Waals surface area contributed by atoms with Crippen LogP contribution in [-0.4, -0.2) is 22.4 Å². The number of hydrogen-bond donors (Lipinski definition) is 3. The third-order valence-corrected chi connectivity index (χ3v) is 4.03. The molecule has 1 amide bonds. The van der Waals surface area contributed by atoms with Crippen molar-refractivity contribution < 1.29 is 4.79 Å². The third-order valence-electron chi connectivity index (χ3n) is 3.19. The Morgan fingerprint density at radius 1 is 1.45 bits per heavy atom. The number of aromatic nitrogens is 1. The molecule has 0 spiro atoms. The first-order chi connectivity index (χ1) is 10.6. The van der Waals surface area contributed by atoms with Crippen LogP contribution in [0.3, 0.4) is 0 Å². The van der Waals surface area contributed by atoms with E-state index in [-0.39, 0.29) is 5.91 Å². The van der Waals surface area contributed by atoms with Gasteiger partial charge in [-0.1, -0.05) is 11.3 Å². The van der Waals surface area contributed by atoms with Crippen LogP contribution >= 0.6 is 11.8 Å². The predicted molar refractivity (Wildman–Crippen MR) is 83.5 cm³/mol. The molecule has 1 fully saturated rings. The monoisotopic (exact) mass is 312 g/mol. The molecule has 0 saturated carbocycles. The summed E-state index contributed by atoms with van der Waals surface area (Å²) in [7, 11) is 0. The van der Waals surface area contributed by atoms with Crippen LogP contribution in [0.15, 0.2) is 35.0 Å². The number of nitrogens with two attached hydrogens (primary N) is 1. The van der Waals surface area contributed by atoms with E-state index < -0.39 is 0 Å². The van der Waals surface area contributed by atoms with Crippen LogP contribution in [0.5, 0.6) is 0 Å². The molecule has 1 aromatic heterocycles. The number of nitrogens with one attached hydrogen (secondary N) is 2. The molecule has 1 saturated heterocycles. The minimum Gasteiger partial charge on any atom is -0.282 e. The second-order valence-electron chi connectivity index (χ2n) is 4.57. The van der Waals surface area contributed by atoms with Crippen LogP contribution in [0.4, 0.5) is 0 Å². The molecule has 110 valence electrons. The fraction of sp³-hybridized carbons (Fsp3) is 0.0714. The van der Waals surface area contributed by atoms with E-state index in [0.29, 0.717) is 11.3 Å². The number of benzene rings is 1. The zero-order valence-corrected chi connectivity index (χ0v) is 12.4. The molecule has 1 aliphatic heterocycles. The Morgan fingerprint density at radius 3 is 2.91 bits per heavy atom. The summed E-state index contributed by atoms with van der Waals surface area (Å²) in [6.45, 7) is 0. The van der Waals surface area contributed by atoms with E-state index >= 15 is 0 Å². The first-order valence-electron chi connectivity index (χ1n) is 6.33. The maximum Gasteiger partial charge on any atom is 0.285 e. The summed E-state index contributed by atoms with van der Waals surface area (Å²) in [5.41, 5.74) is 7.58. The van der Waals surface area contributed by atoms with Gasteiger partial charge < -0.3 is 0 Å². The Balaban J connectivity index is 2.12. The Bertz CT molecular complexity index is 841. The van der Waals surface area contributed by atoms with Gasteiger partial charge in [-0.3, -0.25) is 20.6 Å². The molecule has 3 rings (SSSR count). The maximum absolute atomic E-state index is 11.7. The van der Waals surface area contributed by atoms with Gasteiger partial charge in [0.25, 0.3) is 5.91 Å². The van der Waals surface area contributed by atoms with Gasteiger partial charge in [0, 0.05) is 16.5 Å². The summed E-state index contributed by atoms with van der Waals surface area (Å²) in [6.07, 6.45) is 5.17. The number of carbonyl (C=O) groups is 1. The molecule has 1 aromatic carbocycles. The van der Waals surface area contributed by atoms with Gasteiger partial charge in [0.1, 0.15) is 11.8 Å². The zero-order chi connectivity index (χ0) is 15.7. The molecule has 0 unspecified atom stereocenters. The molecule has 0 bridgehead atoms. The molecule has 7 nitrogen and oxygen atoms in total. The van der Waals surface area contributed by atoms with Crippen LogP contribution in [0.1, 0.15) is 11.1 Å². The van der Waals surface area contributed by atoms with E-state index in [2.05, 4.69) is 21.9 Å². The fourth-order valence-electron chi connectivity index (χ4n) is 2.22. The lowest BCUT2D eigenvalue weighted by Crippen LogP contribution is -2.44. The van der Waals surface area contributed by atoms with Gasteiger partial charge in [-0.2, -0.15) is 5.26 Å². The molecular formula is C14H12N6OS. The first-order valence-corrected chi connectivity index (χ1v) is 7.56. The van der Waals surface area contributed by atoms with E-state index in [4.69, 9.17) is 5.84 Å². The normalized spacial score (nSPS) is 16.6. The zero-order valence-electron chi connectivity index (χ0n) is 11.6. The molecule has 0 atom stereocenters. The summed E-state index contributed by atoms with van der Waals surface area (Å²) in [6, 6.07) is 7.76. The van der Waals surface area contributed by atoms with Gasteiger partial charge in [-0.25, -0.2) is 5.84 Å². The minimum absolute atomic E-state index is 0.309. The third kappa shape index (κ3) is 2.48. The highest BCUT2D eigenvalue weighted by molar-refractivity contribution is 7.98. The van der Waals surface area contributed by atoms with Crippen LogP contribution in [0, 0.1) is 11.3 Å². The lowest BCUT2D eigenvalue weighted by Gasteiger charge is -2.07. The molecule has 22 heavy (non-hydrogen) atoms. The Hall–Kier alpha value is -2.60. The van der Waals surface area contributed by atoms with Crippen LogP contribution < -0.4 is 16.7 Å². The van der Waals surface area contributed by atoms with E-state index in [1.54, 1.807) is 12.3 Å². The van der Waals surface area contributed by atoms with E-state index in [1.165, 1.54) is 11.8 Å². The van der Waals surface area contributed by atoms with Crippen molar-refractivity contribution in [2.24, 2.45) is 5.84 Å². The van der Waals surface area contributed by atoms with Gasteiger partial charge in [-0.15, -0.1) is 11.8 Å². The second kappa shape index (κ2) is 5.65. The van der Waals surface area contributed by atoms with E-state index in [0.717, 1.165) is 26.6 Å².